The second kappa shape index (κ2) is 7.76. The van der Waals surface area contributed by atoms with Crippen molar-refractivity contribution in [1.82, 2.24) is 24.9 Å². The number of aryl methyl sites for hydroxylation is 1. The quantitative estimate of drug-likeness (QED) is 0.631. The molecular weight excluding hydrogens is 397 g/mol. The molecule has 1 aromatic carbocycles. The Hall–Kier alpha value is -3.29. The number of benzene rings is 1. The maximum atomic E-state index is 13.8. The summed E-state index contributed by atoms with van der Waals surface area (Å²) in [6, 6.07) is 9.74. The predicted octanol–water partition coefficient (Wildman–Crippen LogP) is 3.43. The van der Waals surface area contributed by atoms with Gasteiger partial charge in [-0.25, -0.2) is 9.37 Å². The van der Waals surface area contributed by atoms with Crippen molar-refractivity contribution in [1.29, 1.82) is 0 Å². The van der Waals surface area contributed by atoms with E-state index >= 15 is 0 Å². The standard InChI is InChI=1S/C23H24FN5O2/c1-14-3-8-20(29-25-9-10-26-29)22(27-14)23(30)28-18-11-16(12-18)15(2)21(28)13-31-19-6-4-17(24)5-7-19/h3-10,15-16,18,21H,11-13H2,1-2H3. The van der Waals surface area contributed by atoms with Crippen LogP contribution in [0.4, 0.5) is 4.39 Å². The number of aromatic nitrogens is 4. The van der Waals surface area contributed by atoms with E-state index in [1.165, 1.54) is 16.9 Å². The highest BCUT2D eigenvalue weighted by Gasteiger charge is 2.51. The molecule has 7 nitrogen and oxygen atoms in total. The van der Waals surface area contributed by atoms with Gasteiger partial charge in [-0.15, -0.1) is 4.80 Å². The molecule has 1 saturated carbocycles. The number of halogens is 1. The predicted molar refractivity (Wildman–Crippen MR) is 111 cm³/mol. The van der Waals surface area contributed by atoms with E-state index in [-0.39, 0.29) is 23.8 Å². The van der Waals surface area contributed by atoms with Gasteiger partial charge in [0.05, 0.1) is 18.4 Å². The Morgan fingerprint density at radius 3 is 2.55 bits per heavy atom. The molecule has 3 aromatic rings. The third-order valence-electron chi connectivity index (χ3n) is 6.57. The van der Waals surface area contributed by atoms with Crippen molar-refractivity contribution in [2.75, 3.05) is 6.61 Å². The molecule has 2 atom stereocenters. The van der Waals surface area contributed by atoms with Gasteiger partial charge in [-0.1, -0.05) is 6.92 Å². The van der Waals surface area contributed by atoms with Crippen molar-refractivity contribution in [3.05, 3.63) is 66.0 Å². The number of piperidine rings is 2. The molecule has 6 rings (SSSR count). The van der Waals surface area contributed by atoms with Gasteiger partial charge in [-0.3, -0.25) is 4.79 Å². The Morgan fingerprint density at radius 1 is 1.13 bits per heavy atom. The average molecular weight is 421 g/mol. The Bertz CT molecular complexity index is 1080. The fraction of sp³-hybridized carbons (Fsp3) is 0.391. The van der Waals surface area contributed by atoms with E-state index in [4.69, 9.17) is 4.74 Å². The number of fused-ring (bicyclic) bond motifs is 2. The molecule has 160 valence electrons. The smallest absolute Gasteiger partial charge is 0.275 e. The van der Waals surface area contributed by atoms with Crippen LogP contribution in [0.2, 0.25) is 0 Å². The van der Waals surface area contributed by atoms with Gasteiger partial charge < -0.3 is 9.64 Å². The lowest BCUT2D eigenvalue weighted by atomic mass is 9.64. The molecule has 0 spiro atoms. The first kappa shape index (κ1) is 19.7. The molecule has 8 heteroatoms. The molecule has 3 aliphatic rings. The first-order valence-corrected chi connectivity index (χ1v) is 10.6. The number of amides is 1. The first-order valence-electron chi connectivity index (χ1n) is 10.6. The summed E-state index contributed by atoms with van der Waals surface area (Å²) in [6.45, 7) is 4.40. The maximum absolute atomic E-state index is 13.8. The number of carbonyl (C=O) groups excluding carboxylic acids is 1. The van der Waals surface area contributed by atoms with Crippen molar-refractivity contribution in [3.63, 3.8) is 0 Å². The molecule has 0 radical (unpaired) electrons. The largest absolute Gasteiger partial charge is 0.491 e. The average Bonchev–Trinajstić information content (AvgIpc) is 3.27. The van der Waals surface area contributed by atoms with Gasteiger partial charge in [0.1, 0.15) is 23.9 Å². The van der Waals surface area contributed by atoms with Gasteiger partial charge in [0.25, 0.3) is 5.91 Å². The molecular formula is C23H24FN5O2. The molecule has 1 amide bonds. The number of hydrogen-bond acceptors (Lipinski definition) is 5. The SMILES string of the molecule is Cc1ccc(-n2nccn2)c(C(=O)N2C3CC(C3)C(C)C2COc2ccc(F)cc2)n1. The third kappa shape index (κ3) is 3.56. The highest BCUT2D eigenvalue weighted by atomic mass is 19.1. The van der Waals surface area contributed by atoms with E-state index < -0.39 is 0 Å². The van der Waals surface area contributed by atoms with Gasteiger partial charge in [0, 0.05) is 11.7 Å². The van der Waals surface area contributed by atoms with Crippen LogP contribution in [0.15, 0.2) is 48.8 Å². The van der Waals surface area contributed by atoms with E-state index in [0.29, 0.717) is 35.6 Å². The molecule has 2 aromatic heterocycles. The highest BCUT2D eigenvalue weighted by Crippen LogP contribution is 2.47. The second-order valence-corrected chi connectivity index (χ2v) is 8.43. The van der Waals surface area contributed by atoms with Gasteiger partial charge in [-0.05, 0) is 68.0 Å². The molecule has 2 saturated heterocycles. The van der Waals surface area contributed by atoms with E-state index in [1.807, 2.05) is 24.0 Å². The van der Waals surface area contributed by atoms with Crippen LogP contribution in [0.1, 0.15) is 35.9 Å². The van der Waals surface area contributed by atoms with Crippen LogP contribution < -0.4 is 4.74 Å². The number of pyridine rings is 1. The number of nitrogens with zero attached hydrogens (tertiary/aromatic N) is 5. The number of rotatable bonds is 5. The molecule has 2 aliphatic heterocycles. The molecule has 2 unspecified atom stereocenters. The Labute approximate surface area is 179 Å². The lowest BCUT2D eigenvalue weighted by molar-refractivity contribution is -0.0673. The van der Waals surface area contributed by atoms with Gasteiger partial charge in [0.2, 0.25) is 0 Å². The van der Waals surface area contributed by atoms with Crippen LogP contribution in [0.5, 0.6) is 5.75 Å². The molecule has 3 fully saturated rings. The van der Waals surface area contributed by atoms with Crippen LogP contribution in [0.25, 0.3) is 5.69 Å². The minimum Gasteiger partial charge on any atom is -0.491 e. The maximum Gasteiger partial charge on any atom is 0.275 e. The Morgan fingerprint density at radius 2 is 1.84 bits per heavy atom. The van der Waals surface area contributed by atoms with Crippen LogP contribution in [0, 0.1) is 24.6 Å². The van der Waals surface area contributed by atoms with Crippen molar-refractivity contribution >= 4 is 5.91 Å². The summed E-state index contributed by atoms with van der Waals surface area (Å²) >= 11 is 0. The molecule has 31 heavy (non-hydrogen) atoms. The van der Waals surface area contributed by atoms with Crippen molar-refractivity contribution in [2.24, 2.45) is 11.8 Å². The van der Waals surface area contributed by atoms with E-state index in [9.17, 15) is 9.18 Å². The minimum atomic E-state index is -0.304. The summed E-state index contributed by atoms with van der Waals surface area (Å²) in [6.07, 6.45) is 5.15. The highest BCUT2D eigenvalue weighted by molar-refractivity contribution is 5.96. The van der Waals surface area contributed by atoms with E-state index in [2.05, 4.69) is 22.1 Å². The summed E-state index contributed by atoms with van der Waals surface area (Å²) < 4.78 is 19.2. The summed E-state index contributed by atoms with van der Waals surface area (Å²) in [5.41, 5.74) is 1.67. The van der Waals surface area contributed by atoms with Crippen molar-refractivity contribution in [2.45, 2.75) is 38.8 Å². The normalized spacial score (nSPS) is 24.5. The van der Waals surface area contributed by atoms with Crippen molar-refractivity contribution < 1.29 is 13.9 Å². The van der Waals surface area contributed by atoms with Crippen LogP contribution in [0.3, 0.4) is 0 Å². The summed E-state index contributed by atoms with van der Waals surface area (Å²) in [7, 11) is 0. The summed E-state index contributed by atoms with van der Waals surface area (Å²) in [5.74, 6) is 1.05. The van der Waals surface area contributed by atoms with Crippen LogP contribution in [-0.2, 0) is 0 Å². The van der Waals surface area contributed by atoms with Crippen LogP contribution in [-0.4, -0.2) is 49.5 Å². The third-order valence-corrected chi connectivity index (χ3v) is 6.57. The molecule has 2 bridgehead atoms. The Balaban J connectivity index is 1.45. The van der Waals surface area contributed by atoms with E-state index in [0.717, 1.165) is 18.5 Å². The van der Waals surface area contributed by atoms with Crippen LogP contribution >= 0.6 is 0 Å². The topological polar surface area (TPSA) is 73.1 Å². The minimum absolute atomic E-state index is 0.0872. The number of hydrogen-bond donors (Lipinski definition) is 0. The second-order valence-electron chi connectivity index (χ2n) is 8.43. The first-order chi connectivity index (χ1) is 15.0. The number of ether oxygens (including phenoxy) is 1. The lowest BCUT2D eigenvalue weighted by Gasteiger charge is -2.57. The zero-order valence-corrected chi connectivity index (χ0v) is 17.5. The Kier molecular flexibility index (Phi) is 4.92. The monoisotopic (exact) mass is 421 g/mol. The zero-order chi connectivity index (χ0) is 21.5. The van der Waals surface area contributed by atoms with Crippen molar-refractivity contribution in [3.8, 4) is 11.4 Å². The van der Waals surface area contributed by atoms with E-state index in [1.54, 1.807) is 24.5 Å². The number of carbonyl (C=O) groups is 1. The molecule has 1 aliphatic carbocycles. The summed E-state index contributed by atoms with van der Waals surface area (Å²) in [5, 5.41) is 8.38. The van der Waals surface area contributed by atoms with Gasteiger partial charge in [0.15, 0.2) is 5.69 Å². The molecule has 0 N–H and O–H groups in total. The fourth-order valence-corrected chi connectivity index (χ4v) is 4.72. The summed E-state index contributed by atoms with van der Waals surface area (Å²) in [4.78, 5) is 21.8. The molecule has 4 heterocycles. The van der Waals surface area contributed by atoms with Gasteiger partial charge >= 0.3 is 0 Å². The lowest BCUT2D eigenvalue weighted by Crippen LogP contribution is -2.64. The zero-order valence-electron chi connectivity index (χ0n) is 17.5. The fourth-order valence-electron chi connectivity index (χ4n) is 4.72. The van der Waals surface area contributed by atoms with Gasteiger partial charge in [-0.2, -0.15) is 10.2 Å².